The molecule has 3 heteroatoms. The minimum Gasteiger partial charge on any atom is -0.396 e. The van der Waals surface area contributed by atoms with Gasteiger partial charge in [-0.2, -0.15) is 0 Å². The molecule has 3 nitrogen and oxygen atoms in total. The topological polar surface area (TPSA) is 49.3 Å². The van der Waals surface area contributed by atoms with Crippen LogP contribution in [0.4, 0.5) is 0 Å². The summed E-state index contributed by atoms with van der Waals surface area (Å²) in [6, 6.07) is 0. The van der Waals surface area contributed by atoms with Crippen molar-refractivity contribution in [2.45, 2.75) is 59.4 Å². The zero-order chi connectivity index (χ0) is 12.1. The summed E-state index contributed by atoms with van der Waals surface area (Å²) in [5.74, 6) is 0.0720. The lowest BCUT2D eigenvalue weighted by molar-refractivity contribution is -0.131. The van der Waals surface area contributed by atoms with E-state index in [1.165, 1.54) is 0 Å². The van der Waals surface area contributed by atoms with E-state index in [0.717, 1.165) is 12.8 Å². The zero-order valence-corrected chi connectivity index (χ0v) is 10.7. The van der Waals surface area contributed by atoms with Crippen LogP contribution in [0.25, 0.3) is 0 Å². The van der Waals surface area contributed by atoms with Gasteiger partial charge in [0.15, 0.2) is 0 Å². The summed E-state index contributed by atoms with van der Waals surface area (Å²) in [5, 5.41) is 12.0. The maximum absolute atomic E-state index is 12.0. The molecule has 0 saturated carbocycles. The van der Waals surface area contributed by atoms with E-state index in [1.54, 1.807) is 0 Å². The highest BCUT2D eigenvalue weighted by Crippen LogP contribution is 2.23. The fraction of sp³-hybridized carbons (Fsp3) is 0.917. The first-order valence-corrected chi connectivity index (χ1v) is 5.75. The van der Waals surface area contributed by atoms with E-state index >= 15 is 0 Å². The van der Waals surface area contributed by atoms with Gasteiger partial charge >= 0.3 is 0 Å². The first kappa shape index (κ1) is 14.4. The number of nitrogens with one attached hydrogen (secondary N) is 1. The molecule has 0 aromatic heterocycles. The van der Waals surface area contributed by atoms with E-state index in [1.807, 2.05) is 34.6 Å². The van der Waals surface area contributed by atoms with Crippen LogP contribution in [0.3, 0.4) is 0 Å². The molecule has 1 unspecified atom stereocenters. The van der Waals surface area contributed by atoms with Gasteiger partial charge in [-0.05, 0) is 26.2 Å². The Morgan fingerprint density at radius 1 is 1.20 bits per heavy atom. The zero-order valence-electron chi connectivity index (χ0n) is 10.7. The molecule has 0 heterocycles. The summed E-state index contributed by atoms with van der Waals surface area (Å²) < 4.78 is 0. The Hall–Kier alpha value is -0.570. The number of carbonyl (C=O) groups excluding carboxylic acids is 1. The number of amides is 1. The highest BCUT2D eigenvalue weighted by atomic mass is 16.3. The number of hydrogen-bond donors (Lipinski definition) is 2. The Labute approximate surface area is 93.3 Å². The van der Waals surface area contributed by atoms with Crippen LogP contribution in [0, 0.1) is 5.41 Å². The second-order valence-electron chi connectivity index (χ2n) is 5.08. The Balaban J connectivity index is 4.49. The normalized spacial score (nSPS) is 15.9. The predicted octanol–water partition coefficient (Wildman–Crippen LogP) is 2.09. The highest BCUT2D eigenvalue weighted by Gasteiger charge is 2.31. The molecule has 0 bridgehead atoms. The van der Waals surface area contributed by atoms with Crippen LogP contribution in [-0.2, 0) is 4.79 Å². The lowest BCUT2D eigenvalue weighted by Crippen LogP contribution is -2.50. The van der Waals surface area contributed by atoms with Gasteiger partial charge in [-0.25, -0.2) is 0 Å². The second-order valence-corrected chi connectivity index (χ2v) is 5.08. The molecule has 0 aliphatic rings. The molecule has 0 rings (SSSR count). The van der Waals surface area contributed by atoms with Crippen molar-refractivity contribution in [3.05, 3.63) is 0 Å². The first-order valence-electron chi connectivity index (χ1n) is 5.75. The molecular weight excluding hydrogens is 190 g/mol. The molecular formula is C12H25NO2. The first-order chi connectivity index (χ1) is 6.81. The third-order valence-corrected chi connectivity index (χ3v) is 3.36. The molecule has 0 aliphatic heterocycles. The van der Waals surface area contributed by atoms with E-state index < -0.39 is 0 Å². The van der Waals surface area contributed by atoms with Gasteiger partial charge in [0.1, 0.15) is 0 Å². The van der Waals surface area contributed by atoms with Gasteiger partial charge in [-0.3, -0.25) is 4.79 Å². The molecule has 2 N–H and O–H groups in total. The number of aliphatic hydroxyl groups excluding tert-OH is 1. The summed E-state index contributed by atoms with van der Waals surface area (Å²) in [4.78, 5) is 12.0. The predicted molar refractivity (Wildman–Crippen MR) is 62.6 cm³/mol. The summed E-state index contributed by atoms with van der Waals surface area (Å²) in [7, 11) is 0. The van der Waals surface area contributed by atoms with Crippen LogP contribution in [0.2, 0.25) is 0 Å². The molecule has 1 atom stereocenters. The molecule has 0 fully saturated rings. The van der Waals surface area contributed by atoms with Gasteiger partial charge in [0, 0.05) is 17.6 Å². The molecule has 0 spiro atoms. The maximum Gasteiger partial charge on any atom is 0.226 e. The van der Waals surface area contributed by atoms with Crippen molar-refractivity contribution in [3.63, 3.8) is 0 Å². The third kappa shape index (κ3) is 4.20. The molecule has 0 radical (unpaired) electrons. The van der Waals surface area contributed by atoms with Gasteiger partial charge < -0.3 is 10.4 Å². The van der Waals surface area contributed by atoms with Crippen LogP contribution < -0.4 is 5.32 Å². The van der Waals surface area contributed by atoms with Crippen molar-refractivity contribution in [2.24, 2.45) is 5.41 Å². The molecule has 90 valence electrons. The van der Waals surface area contributed by atoms with Gasteiger partial charge in [-0.15, -0.1) is 0 Å². The van der Waals surface area contributed by atoms with Gasteiger partial charge in [0.05, 0.1) is 0 Å². The largest absolute Gasteiger partial charge is 0.396 e. The Kier molecular flexibility index (Phi) is 5.29. The van der Waals surface area contributed by atoms with E-state index in [0.29, 0.717) is 6.42 Å². The highest BCUT2D eigenvalue weighted by molar-refractivity contribution is 5.82. The van der Waals surface area contributed by atoms with Crippen molar-refractivity contribution in [1.29, 1.82) is 0 Å². The van der Waals surface area contributed by atoms with Crippen molar-refractivity contribution >= 4 is 5.91 Å². The van der Waals surface area contributed by atoms with E-state index in [-0.39, 0.29) is 23.5 Å². The van der Waals surface area contributed by atoms with Crippen LogP contribution in [0.5, 0.6) is 0 Å². The van der Waals surface area contributed by atoms with Crippen LogP contribution in [0.1, 0.15) is 53.9 Å². The quantitative estimate of drug-likeness (QED) is 0.713. The number of aliphatic hydroxyl groups is 1. The number of hydrogen-bond acceptors (Lipinski definition) is 2. The lowest BCUT2D eigenvalue weighted by Gasteiger charge is -2.33. The van der Waals surface area contributed by atoms with E-state index in [9.17, 15) is 4.79 Å². The fourth-order valence-corrected chi connectivity index (χ4v) is 1.18. The molecule has 0 aliphatic carbocycles. The molecule has 1 amide bonds. The van der Waals surface area contributed by atoms with Gasteiger partial charge in [-0.1, -0.05) is 27.7 Å². The second kappa shape index (κ2) is 5.50. The molecule has 15 heavy (non-hydrogen) atoms. The smallest absolute Gasteiger partial charge is 0.226 e. The summed E-state index contributed by atoms with van der Waals surface area (Å²) in [5.41, 5.74) is -0.607. The van der Waals surface area contributed by atoms with Crippen molar-refractivity contribution in [3.8, 4) is 0 Å². The van der Waals surface area contributed by atoms with Gasteiger partial charge in [0.2, 0.25) is 5.91 Å². The maximum atomic E-state index is 12.0. The minimum atomic E-state index is -0.327. The van der Waals surface area contributed by atoms with Crippen molar-refractivity contribution in [2.75, 3.05) is 6.61 Å². The minimum absolute atomic E-state index is 0.0720. The third-order valence-electron chi connectivity index (χ3n) is 3.36. The Morgan fingerprint density at radius 2 is 1.73 bits per heavy atom. The van der Waals surface area contributed by atoms with E-state index in [2.05, 4.69) is 5.32 Å². The average Bonchev–Trinajstić information content (AvgIpc) is 2.18. The molecule has 0 saturated heterocycles. The van der Waals surface area contributed by atoms with Crippen LogP contribution >= 0.6 is 0 Å². The number of carbonyl (C=O) groups is 1. The molecule has 0 aromatic carbocycles. The standard InChI is InChI=1S/C12H25NO2/c1-6-11(3,4)10(15)13-12(5,7-2)8-9-14/h14H,6-9H2,1-5H3,(H,13,15). The van der Waals surface area contributed by atoms with Gasteiger partial charge in [0.25, 0.3) is 0 Å². The van der Waals surface area contributed by atoms with Crippen molar-refractivity contribution < 1.29 is 9.90 Å². The van der Waals surface area contributed by atoms with Crippen molar-refractivity contribution in [1.82, 2.24) is 5.32 Å². The monoisotopic (exact) mass is 215 g/mol. The van der Waals surface area contributed by atoms with E-state index in [4.69, 9.17) is 5.11 Å². The Bertz CT molecular complexity index is 214. The van der Waals surface area contributed by atoms with Crippen LogP contribution in [-0.4, -0.2) is 23.2 Å². The lowest BCUT2D eigenvalue weighted by atomic mass is 9.86. The summed E-state index contributed by atoms with van der Waals surface area (Å²) in [6.45, 7) is 10.0. The Morgan fingerprint density at radius 3 is 2.07 bits per heavy atom. The van der Waals surface area contributed by atoms with Crippen LogP contribution in [0.15, 0.2) is 0 Å². The molecule has 0 aromatic rings. The fourth-order valence-electron chi connectivity index (χ4n) is 1.18. The summed E-state index contributed by atoms with van der Waals surface area (Å²) in [6.07, 6.45) is 2.26. The summed E-state index contributed by atoms with van der Waals surface area (Å²) >= 11 is 0. The number of rotatable bonds is 6. The SMILES string of the molecule is CCC(C)(CCO)NC(=O)C(C)(C)CC. The average molecular weight is 215 g/mol.